The lowest BCUT2D eigenvalue weighted by Gasteiger charge is -2.06. The monoisotopic (exact) mass is 374 g/mol. The molecule has 25 heavy (non-hydrogen) atoms. The summed E-state index contributed by atoms with van der Waals surface area (Å²) in [5.74, 6) is -1.03. The Labute approximate surface area is 155 Å². The van der Waals surface area contributed by atoms with Crippen LogP contribution in [0.5, 0.6) is 0 Å². The molecule has 3 aromatic rings. The zero-order chi connectivity index (χ0) is 18.1. The van der Waals surface area contributed by atoms with Crippen LogP contribution >= 0.6 is 23.2 Å². The van der Waals surface area contributed by atoms with Crippen LogP contribution in [0, 0.1) is 6.92 Å². The Kier molecular flexibility index (Phi) is 4.84. The van der Waals surface area contributed by atoms with Gasteiger partial charge >= 0.3 is 5.97 Å². The van der Waals surface area contributed by atoms with Crippen molar-refractivity contribution in [2.75, 3.05) is 0 Å². The molecular weight excluding hydrogens is 359 g/mol. The predicted octanol–water partition coefficient (Wildman–Crippen LogP) is 5.42. The number of rotatable bonds is 4. The van der Waals surface area contributed by atoms with Gasteiger partial charge in [0.1, 0.15) is 11.3 Å². The highest BCUT2D eigenvalue weighted by atomic mass is 35.5. The van der Waals surface area contributed by atoms with Gasteiger partial charge in [-0.2, -0.15) is 5.10 Å². The lowest BCUT2D eigenvalue weighted by Crippen LogP contribution is -2.05. The summed E-state index contributed by atoms with van der Waals surface area (Å²) in [6.07, 6.45) is 0.525. The lowest BCUT2D eigenvalue weighted by molar-refractivity contribution is 0.0696. The average molecular weight is 375 g/mol. The molecule has 1 heterocycles. The normalized spacial score (nSPS) is 10.9. The Balaban J connectivity index is 2.28. The smallest absolute Gasteiger partial charge is 0.339 e. The number of carboxylic acids is 1. The van der Waals surface area contributed by atoms with E-state index in [1.54, 1.807) is 22.9 Å². The molecule has 0 saturated carbocycles. The van der Waals surface area contributed by atoms with E-state index in [1.807, 2.05) is 38.1 Å². The number of hydrogen-bond acceptors (Lipinski definition) is 2. The van der Waals surface area contributed by atoms with Gasteiger partial charge in [-0.25, -0.2) is 9.48 Å². The minimum Gasteiger partial charge on any atom is -0.478 e. The van der Waals surface area contributed by atoms with Gasteiger partial charge in [0, 0.05) is 15.6 Å². The summed E-state index contributed by atoms with van der Waals surface area (Å²) in [6.45, 7) is 3.90. The maximum Gasteiger partial charge on any atom is 0.339 e. The summed E-state index contributed by atoms with van der Waals surface area (Å²) >= 11 is 12.2. The van der Waals surface area contributed by atoms with Crippen molar-refractivity contribution in [3.8, 4) is 16.9 Å². The Morgan fingerprint density at radius 2 is 1.72 bits per heavy atom. The first-order valence-electron chi connectivity index (χ1n) is 7.79. The fourth-order valence-electron chi connectivity index (χ4n) is 2.80. The van der Waals surface area contributed by atoms with Crippen molar-refractivity contribution in [2.45, 2.75) is 20.3 Å². The first kappa shape index (κ1) is 17.5. The second-order valence-electron chi connectivity index (χ2n) is 5.73. The minimum absolute atomic E-state index is 0.168. The molecule has 0 amide bonds. The van der Waals surface area contributed by atoms with E-state index in [4.69, 9.17) is 23.2 Å². The molecule has 0 radical (unpaired) electrons. The van der Waals surface area contributed by atoms with Crippen molar-refractivity contribution >= 4 is 29.2 Å². The molecule has 0 fully saturated rings. The van der Waals surface area contributed by atoms with E-state index in [9.17, 15) is 9.90 Å². The number of hydrogen-bond donors (Lipinski definition) is 1. The standard InChI is InChI=1S/C19H16Cl2N2O2/c1-3-16-17(19(24)25)18(12-8-13(20)10-14(21)9-12)22-23(16)15-6-4-11(2)5-7-15/h4-10H,3H2,1-2H3,(H,24,25). The zero-order valence-corrected chi connectivity index (χ0v) is 15.3. The van der Waals surface area contributed by atoms with Crippen LogP contribution in [0.1, 0.15) is 28.5 Å². The Hall–Kier alpha value is -2.30. The Bertz CT molecular complexity index is 927. The number of aryl methyl sites for hydroxylation is 1. The molecule has 0 aliphatic heterocycles. The van der Waals surface area contributed by atoms with Crippen molar-refractivity contribution in [2.24, 2.45) is 0 Å². The molecule has 6 heteroatoms. The molecule has 0 spiro atoms. The Morgan fingerprint density at radius 1 is 1.12 bits per heavy atom. The largest absolute Gasteiger partial charge is 0.478 e. The molecule has 1 N–H and O–H groups in total. The lowest BCUT2D eigenvalue weighted by atomic mass is 10.0. The maximum atomic E-state index is 11.9. The second kappa shape index (κ2) is 6.90. The van der Waals surface area contributed by atoms with Gasteiger partial charge < -0.3 is 5.11 Å². The van der Waals surface area contributed by atoms with Crippen LogP contribution in [-0.2, 0) is 6.42 Å². The molecule has 0 aliphatic carbocycles. The molecule has 0 atom stereocenters. The van der Waals surface area contributed by atoms with E-state index in [0.717, 1.165) is 11.3 Å². The van der Waals surface area contributed by atoms with E-state index in [0.29, 0.717) is 33.4 Å². The topological polar surface area (TPSA) is 55.1 Å². The molecule has 0 saturated heterocycles. The summed E-state index contributed by atoms with van der Waals surface area (Å²) in [5, 5.41) is 15.2. The number of benzene rings is 2. The molecule has 128 valence electrons. The van der Waals surface area contributed by atoms with E-state index in [1.165, 1.54) is 0 Å². The van der Waals surface area contributed by atoms with Crippen LogP contribution in [0.25, 0.3) is 16.9 Å². The number of aromatic nitrogens is 2. The molecule has 1 aromatic heterocycles. The number of halogens is 2. The highest BCUT2D eigenvalue weighted by molar-refractivity contribution is 6.35. The number of aromatic carboxylic acids is 1. The van der Waals surface area contributed by atoms with Crippen molar-refractivity contribution < 1.29 is 9.90 Å². The second-order valence-corrected chi connectivity index (χ2v) is 6.61. The first-order valence-corrected chi connectivity index (χ1v) is 8.55. The van der Waals surface area contributed by atoms with Gasteiger partial charge in [0.15, 0.2) is 0 Å². The highest BCUT2D eigenvalue weighted by Gasteiger charge is 2.24. The Morgan fingerprint density at radius 3 is 2.24 bits per heavy atom. The van der Waals surface area contributed by atoms with Gasteiger partial charge in [0.25, 0.3) is 0 Å². The highest BCUT2D eigenvalue weighted by Crippen LogP contribution is 2.32. The SMILES string of the molecule is CCc1c(C(=O)O)c(-c2cc(Cl)cc(Cl)c2)nn1-c1ccc(C)cc1. The van der Waals surface area contributed by atoms with E-state index < -0.39 is 5.97 Å². The average Bonchev–Trinajstić information content (AvgIpc) is 2.94. The van der Waals surface area contributed by atoms with Crippen LogP contribution in [0.2, 0.25) is 10.0 Å². The third-order valence-corrected chi connectivity index (χ3v) is 4.38. The molecule has 0 unspecified atom stereocenters. The fourth-order valence-corrected chi connectivity index (χ4v) is 3.32. The summed E-state index contributed by atoms with van der Waals surface area (Å²) in [6, 6.07) is 12.7. The predicted molar refractivity (Wildman–Crippen MR) is 100 cm³/mol. The molecular formula is C19H16Cl2N2O2. The fraction of sp³-hybridized carbons (Fsp3) is 0.158. The third-order valence-electron chi connectivity index (χ3n) is 3.94. The first-order chi connectivity index (χ1) is 11.9. The van der Waals surface area contributed by atoms with Gasteiger partial charge in [0.05, 0.1) is 11.4 Å². The van der Waals surface area contributed by atoms with Crippen molar-refractivity contribution in [3.05, 3.63) is 69.3 Å². The van der Waals surface area contributed by atoms with Gasteiger partial charge in [-0.15, -0.1) is 0 Å². The van der Waals surface area contributed by atoms with Gasteiger partial charge in [-0.05, 0) is 43.7 Å². The van der Waals surface area contributed by atoms with Gasteiger partial charge in [0.2, 0.25) is 0 Å². The van der Waals surface area contributed by atoms with E-state index in [-0.39, 0.29) is 5.56 Å². The minimum atomic E-state index is -1.03. The van der Waals surface area contributed by atoms with Crippen molar-refractivity contribution in [3.63, 3.8) is 0 Å². The molecule has 0 aliphatic rings. The third kappa shape index (κ3) is 3.41. The van der Waals surface area contributed by atoms with E-state index >= 15 is 0 Å². The molecule has 2 aromatic carbocycles. The summed E-state index contributed by atoms with van der Waals surface area (Å²) < 4.78 is 1.67. The summed E-state index contributed by atoms with van der Waals surface area (Å²) in [4.78, 5) is 11.9. The quantitative estimate of drug-likeness (QED) is 0.663. The zero-order valence-electron chi connectivity index (χ0n) is 13.8. The maximum absolute atomic E-state index is 11.9. The van der Waals surface area contributed by atoms with Crippen molar-refractivity contribution in [1.82, 2.24) is 9.78 Å². The van der Waals surface area contributed by atoms with Crippen LogP contribution in [0.3, 0.4) is 0 Å². The van der Waals surface area contributed by atoms with Gasteiger partial charge in [-0.3, -0.25) is 0 Å². The number of carboxylic acid groups (broad SMARTS) is 1. The van der Waals surface area contributed by atoms with Crippen LogP contribution in [-0.4, -0.2) is 20.9 Å². The molecule has 4 nitrogen and oxygen atoms in total. The molecule has 0 bridgehead atoms. The van der Waals surface area contributed by atoms with Crippen molar-refractivity contribution in [1.29, 1.82) is 0 Å². The summed E-state index contributed by atoms with van der Waals surface area (Å²) in [7, 11) is 0. The number of carbonyl (C=O) groups is 1. The number of nitrogens with zero attached hydrogens (tertiary/aromatic N) is 2. The van der Waals surface area contributed by atoms with Crippen LogP contribution in [0.4, 0.5) is 0 Å². The van der Waals surface area contributed by atoms with Gasteiger partial charge in [-0.1, -0.05) is 47.8 Å². The molecule has 3 rings (SSSR count). The van der Waals surface area contributed by atoms with E-state index in [2.05, 4.69) is 5.10 Å². The van der Waals surface area contributed by atoms with Crippen LogP contribution < -0.4 is 0 Å². The van der Waals surface area contributed by atoms with Crippen LogP contribution in [0.15, 0.2) is 42.5 Å². The summed E-state index contributed by atoms with van der Waals surface area (Å²) in [5.41, 5.74) is 3.66.